The minimum Gasteiger partial charge on any atom is -0.380 e. The third-order valence-electron chi connectivity index (χ3n) is 5.75. The molecule has 6 heteroatoms. The molecular weight excluding hydrogens is 352 g/mol. The van der Waals surface area contributed by atoms with Crippen molar-refractivity contribution in [3.63, 3.8) is 0 Å². The summed E-state index contributed by atoms with van der Waals surface area (Å²) in [6, 6.07) is 12.1. The van der Waals surface area contributed by atoms with Crippen LogP contribution in [0.5, 0.6) is 0 Å². The second-order valence-corrected chi connectivity index (χ2v) is 7.57. The Morgan fingerprint density at radius 3 is 2.54 bits per heavy atom. The van der Waals surface area contributed by atoms with Gasteiger partial charge in [0.2, 0.25) is 0 Å². The Hall–Kier alpha value is -2.44. The fourth-order valence-electron chi connectivity index (χ4n) is 4.01. The zero-order chi connectivity index (χ0) is 19.3. The lowest BCUT2D eigenvalue weighted by molar-refractivity contribution is 0.0628. The molecule has 2 aliphatic heterocycles. The van der Waals surface area contributed by atoms with Crippen LogP contribution in [0.2, 0.25) is 0 Å². The molecule has 0 N–H and O–H groups in total. The quantitative estimate of drug-likeness (QED) is 0.796. The number of ether oxygens (including phenoxy) is 1. The number of pyridine rings is 1. The highest BCUT2D eigenvalue weighted by Crippen LogP contribution is 2.22. The maximum absolute atomic E-state index is 12.9. The number of aromatic nitrogens is 1. The molecule has 0 radical (unpaired) electrons. The van der Waals surface area contributed by atoms with Crippen LogP contribution in [0.4, 0.5) is 5.69 Å². The Morgan fingerprint density at radius 1 is 1.11 bits per heavy atom. The predicted octanol–water partition coefficient (Wildman–Crippen LogP) is 2.26. The van der Waals surface area contributed by atoms with Gasteiger partial charge in [-0.15, -0.1) is 0 Å². The van der Waals surface area contributed by atoms with E-state index in [0.717, 1.165) is 63.5 Å². The first-order chi connectivity index (χ1) is 13.7. The van der Waals surface area contributed by atoms with Crippen LogP contribution in [0.1, 0.15) is 22.3 Å². The molecule has 4 rings (SSSR count). The molecule has 2 aromatic rings. The summed E-state index contributed by atoms with van der Waals surface area (Å²) in [5.41, 5.74) is 3.15. The van der Waals surface area contributed by atoms with Gasteiger partial charge in [-0.1, -0.05) is 6.07 Å². The van der Waals surface area contributed by atoms with Gasteiger partial charge in [-0.3, -0.25) is 14.7 Å². The van der Waals surface area contributed by atoms with Gasteiger partial charge in [-0.25, -0.2) is 0 Å². The lowest BCUT2D eigenvalue weighted by Crippen LogP contribution is -2.48. The second-order valence-electron chi connectivity index (χ2n) is 7.57. The minimum absolute atomic E-state index is 0.128. The highest BCUT2D eigenvalue weighted by atomic mass is 16.5. The zero-order valence-electron chi connectivity index (χ0n) is 16.5. The predicted molar refractivity (Wildman–Crippen MR) is 109 cm³/mol. The summed E-state index contributed by atoms with van der Waals surface area (Å²) in [5, 5.41) is 0. The van der Waals surface area contributed by atoms with Crippen molar-refractivity contribution in [3.8, 4) is 0 Å². The topological polar surface area (TPSA) is 48.9 Å². The maximum Gasteiger partial charge on any atom is 0.253 e. The number of rotatable bonds is 5. The van der Waals surface area contributed by atoms with E-state index in [-0.39, 0.29) is 5.91 Å². The number of hydrogen-bond acceptors (Lipinski definition) is 5. The lowest BCUT2D eigenvalue weighted by atomic mass is 10.1. The van der Waals surface area contributed by atoms with Gasteiger partial charge in [0.1, 0.15) is 0 Å². The summed E-state index contributed by atoms with van der Waals surface area (Å²) >= 11 is 0. The van der Waals surface area contributed by atoms with E-state index in [1.54, 1.807) is 13.3 Å². The third kappa shape index (κ3) is 4.34. The molecule has 148 valence electrons. The Bertz CT molecular complexity index is 773. The van der Waals surface area contributed by atoms with E-state index in [9.17, 15) is 4.79 Å². The summed E-state index contributed by atoms with van der Waals surface area (Å²) in [6.07, 6.45) is 5.07. The van der Waals surface area contributed by atoms with Crippen molar-refractivity contribution >= 4 is 11.6 Å². The number of carbonyl (C=O) groups excluding carboxylic acids is 1. The van der Waals surface area contributed by atoms with E-state index in [1.165, 1.54) is 5.56 Å². The minimum atomic E-state index is 0.128. The molecule has 1 atom stereocenters. The number of methoxy groups -OCH3 is 1. The normalized spacial score (nSPS) is 20.5. The number of hydrogen-bond donors (Lipinski definition) is 0. The highest BCUT2D eigenvalue weighted by molar-refractivity contribution is 5.94. The Kier molecular flexibility index (Phi) is 5.88. The van der Waals surface area contributed by atoms with Crippen LogP contribution in [0.15, 0.2) is 48.8 Å². The van der Waals surface area contributed by atoms with Gasteiger partial charge in [0, 0.05) is 76.6 Å². The van der Waals surface area contributed by atoms with Crippen LogP contribution in [0, 0.1) is 0 Å². The van der Waals surface area contributed by atoms with Crippen molar-refractivity contribution in [2.75, 3.05) is 51.3 Å². The molecule has 0 aliphatic carbocycles. The number of amides is 1. The lowest BCUT2D eigenvalue weighted by Gasteiger charge is -2.34. The van der Waals surface area contributed by atoms with Crippen LogP contribution in [-0.4, -0.2) is 73.2 Å². The molecule has 0 saturated carbocycles. The van der Waals surface area contributed by atoms with Crippen LogP contribution in [0.3, 0.4) is 0 Å². The van der Waals surface area contributed by atoms with Gasteiger partial charge in [0.05, 0.1) is 6.10 Å². The van der Waals surface area contributed by atoms with Crippen molar-refractivity contribution in [2.24, 2.45) is 0 Å². The van der Waals surface area contributed by atoms with E-state index >= 15 is 0 Å². The van der Waals surface area contributed by atoms with E-state index < -0.39 is 0 Å². The molecule has 1 amide bonds. The molecule has 2 aliphatic rings. The van der Waals surface area contributed by atoms with Crippen molar-refractivity contribution in [2.45, 2.75) is 19.1 Å². The monoisotopic (exact) mass is 380 g/mol. The molecule has 28 heavy (non-hydrogen) atoms. The summed E-state index contributed by atoms with van der Waals surface area (Å²) in [6.45, 7) is 6.14. The van der Waals surface area contributed by atoms with Gasteiger partial charge >= 0.3 is 0 Å². The van der Waals surface area contributed by atoms with Crippen molar-refractivity contribution in [3.05, 3.63) is 59.9 Å². The first-order valence-electron chi connectivity index (χ1n) is 10.0. The Morgan fingerprint density at radius 2 is 1.89 bits per heavy atom. The third-order valence-corrected chi connectivity index (χ3v) is 5.75. The fourth-order valence-corrected chi connectivity index (χ4v) is 4.01. The molecule has 0 unspecified atom stereocenters. The van der Waals surface area contributed by atoms with E-state index in [1.807, 2.05) is 29.3 Å². The molecule has 6 nitrogen and oxygen atoms in total. The van der Waals surface area contributed by atoms with Gasteiger partial charge in [0.25, 0.3) is 5.91 Å². The van der Waals surface area contributed by atoms with Gasteiger partial charge < -0.3 is 14.5 Å². The first-order valence-corrected chi connectivity index (χ1v) is 10.0. The largest absolute Gasteiger partial charge is 0.380 e. The van der Waals surface area contributed by atoms with Gasteiger partial charge in [-0.2, -0.15) is 0 Å². The van der Waals surface area contributed by atoms with Crippen molar-refractivity contribution in [1.29, 1.82) is 0 Å². The zero-order valence-corrected chi connectivity index (χ0v) is 16.5. The number of carbonyl (C=O) groups is 1. The van der Waals surface area contributed by atoms with Crippen LogP contribution in [-0.2, 0) is 11.3 Å². The summed E-state index contributed by atoms with van der Waals surface area (Å²) < 4.78 is 5.44. The number of anilines is 1. The molecule has 0 bridgehead atoms. The molecule has 2 saturated heterocycles. The SMILES string of the molecule is CO[C@@H]1CCN(c2ccc(C(=O)N3CCN(Cc4cccnc4)CC3)cc2)C1. The fraction of sp³-hybridized carbons (Fsp3) is 0.455. The van der Waals surface area contributed by atoms with Crippen LogP contribution in [0.25, 0.3) is 0 Å². The van der Waals surface area contributed by atoms with Gasteiger partial charge in [0.15, 0.2) is 0 Å². The average molecular weight is 380 g/mol. The van der Waals surface area contributed by atoms with Crippen molar-refractivity contribution < 1.29 is 9.53 Å². The first kappa shape index (κ1) is 18.9. The number of piperazine rings is 1. The standard InChI is InChI=1S/C22H28N4O2/c1-28-21-8-10-26(17-21)20-6-4-19(5-7-20)22(27)25-13-11-24(12-14-25)16-18-3-2-9-23-15-18/h2-7,9,15,21H,8,10-14,16-17H2,1H3/t21-/m1/s1. The number of benzene rings is 1. The molecular formula is C22H28N4O2. The maximum atomic E-state index is 12.9. The summed E-state index contributed by atoms with van der Waals surface area (Å²) in [5.74, 6) is 0.128. The molecule has 2 fully saturated rings. The summed E-state index contributed by atoms with van der Waals surface area (Å²) in [4.78, 5) is 23.7. The Balaban J connectivity index is 1.30. The van der Waals surface area contributed by atoms with Crippen LogP contribution >= 0.6 is 0 Å². The second kappa shape index (κ2) is 8.71. The number of nitrogens with zero attached hydrogens (tertiary/aromatic N) is 4. The summed E-state index contributed by atoms with van der Waals surface area (Å²) in [7, 11) is 1.77. The van der Waals surface area contributed by atoms with E-state index in [4.69, 9.17) is 4.74 Å². The average Bonchev–Trinajstić information content (AvgIpc) is 3.24. The Labute approximate surface area is 166 Å². The van der Waals surface area contributed by atoms with E-state index in [0.29, 0.717) is 6.10 Å². The molecule has 3 heterocycles. The van der Waals surface area contributed by atoms with Crippen LogP contribution < -0.4 is 4.90 Å². The molecule has 0 spiro atoms. The highest BCUT2D eigenvalue weighted by Gasteiger charge is 2.24. The molecule has 1 aromatic heterocycles. The smallest absolute Gasteiger partial charge is 0.253 e. The van der Waals surface area contributed by atoms with E-state index in [2.05, 4.69) is 33.0 Å². The molecule has 1 aromatic carbocycles. The van der Waals surface area contributed by atoms with Gasteiger partial charge in [-0.05, 0) is 42.3 Å². The van der Waals surface area contributed by atoms with Crippen molar-refractivity contribution in [1.82, 2.24) is 14.8 Å².